The molecule has 3 aromatic rings. The minimum atomic E-state index is -4.68. The van der Waals surface area contributed by atoms with Gasteiger partial charge in [0.25, 0.3) is 5.91 Å². The van der Waals surface area contributed by atoms with Crippen molar-refractivity contribution in [3.8, 4) is 17.1 Å². The number of nitrogens with one attached hydrogen (secondary N) is 1. The summed E-state index contributed by atoms with van der Waals surface area (Å²) in [5.41, 5.74) is 0.779. The number of ether oxygens (including phenoxy) is 1. The Morgan fingerprint density at radius 3 is 2.62 bits per heavy atom. The molecule has 3 aliphatic heterocycles. The second kappa shape index (κ2) is 12.4. The van der Waals surface area contributed by atoms with E-state index < -0.39 is 23.8 Å². The molecule has 10 nitrogen and oxygen atoms in total. The molecule has 0 bridgehead atoms. The van der Waals surface area contributed by atoms with Gasteiger partial charge in [0.2, 0.25) is 5.88 Å². The van der Waals surface area contributed by atoms with Gasteiger partial charge in [-0.1, -0.05) is 11.6 Å². The lowest BCUT2D eigenvalue weighted by Gasteiger charge is -2.38. The average Bonchev–Trinajstić information content (AvgIpc) is 3.58. The number of hydrogen-bond donors (Lipinski definition) is 1. The Kier molecular flexibility index (Phi) is 8.49. The molecule has 3 aliphatic rings. The van der Waals surface area contributed by atoms with Crippen LogP contribution in [0.2, 0.25) is 5.02 Å². The molecule has 2 atom stereocenters. The molecule has 3 saturated heterocycles. The van der Waals surface area contributed by atoms with E-state index in [1.54, 1.807) is 23.2 Å². The first kappa shape index (κ1) is 30.9. The van der Waals surface area contributed by atoms with E-state index in [0.29, 0.717) is 42.5 Å². The maximum Gasteiger partial charge on any atom is 0.418 e. The molecular weight excluding hydrogens is 611 g/mol. The Hall–Kier alpha value is -4.10. The van der Waals surface area contributed by atoms with Crippen molar-refractivity contribution in [1.82, 2.24) is 25.1 Å². The fraction of sp³-hybridized carbons (Fsp3) is 0.419. The van der Waals surface area contributed by atoms with Crippen LogP contribution < -0.4 is 19.9 Å². The van der Waals surface area contributed by atoms with Crippen LogP contribution in [0.5, 0.6) is 5.88 Å². The molecule has 14 heteroatoms. The van der Waals surface area contributed by atoms with Crippen LogP contribution in [0.3, 0.4) is 0 Å². The van der Waals surface area contributed by atoms with Crippen molar-refractivity contribution in [2.24, 2.45) is 0 Å². The van der Waals surface area contributed by atoms with Crippen LogP contribution >= 0.6 is 11.6 Å². The number of urea groups is 1. The fourth-order valence-electron chi connectivity index (χ4n) is 6.27. The predicted octanol–water partition coefficient (Wildman–Crippen LogP) is 4.78. The molecule has 0 radical (unpaired) electrons. The van der Waals surface area contributed by atoms with Gasteiger partial charge in [0.05, 0.1) is 40.8 Å². The summed E-state index contributed by atoms with van der Waals surface area (Å²) in [5.74, 6) is 0.0826. The van der Waals surface area contributed by atoms with Crippen LogP contribution in [0.1, 0.15) is 29.4 Å². The molecular formula is C31H33ClF3N7O3. The second-order valence-electron chi connectivity index (χ2n) is 11.4. The van der Waals surface area contributed by atoms with Crippen molar-refractivity contribution in [1.29, 1.82) is 0 Å². The Labute approximate surface area is 263 Å². The molecule has 3 fully saturated rings. The number of benzene rings is 1. The van der Waals surface area contributed by atoms with E-state index in [-0.39, 0.29) is 41.4 Å². The number of pyridine rings is 2. The summed E-state index contributed by atoms with van der Waals surface area (Å²) < 4.78 is 47.4. The molecule has 45 heavy (non-hydrogen) atoms. The highest BCUT2D eigenvalue weighted by Gasteiger charge is 2.45. The van der Waals surface area contributed by atoms with E-state index in [1.165, 1.54) is 12.1 Å². The summed E-state index contributed by atoms with van der Waals surface area (Å²) in [7, 11) is 2.00. The number of likely N-dealkylation sites (N-methyl/N-ethyl adjacent to an activating group) is 1. The zero-order valence-electron chi connectivity index (χ0n) is 24.9. The van der Waals surface area contributed by atoms with Crippen LogP contribution in [0, 0.1) is 0 Å². The maximum absolute atomic E-state index is 13.9. The number of fused-ring (bicyclic) bond motifs is 1. The largest absolute Gasteiger partial charge is 0.477 e. The molecule has 3 amide bonds. The molecule has 238 valence electrons. The molecule has 6 rings (SSSR count). The van der Waals surface area contributed by atoms with Crippen LogP contribution in [-0.4, -0.2) is 96.7 Å². The molecule has 0 spiro atoms. The van der Waals surface area contributed by atoms with Crippen molar-refractivity contribution in [2.45, 2.75) is 31.6 Å². The molecule has 5 heterocycles. The number of piperazine rings is 1. The van der Waals surface area contributed by atoms with Crippen molar-refractivity contribution in [2.75, 3.05) is 62.7 Å². The van der Waals surface area contributed by atoms with Gasteiger partial charge in [-0.3, -0.25) is 9.69 Å². The highest BCUT2D eigenvalue weighted by molar-refractivity contribution is 6.30. The number of hydrogen-bond acceptors (Lipinski definition) is 7. The van der Waals surface area contributed by atoms with Crippen molar-refractivity contribution in [3.05, 3.63) is 64.9 Å². The van der Waals surface area contributed by atoms with Crippen LogP contribution in [-0.2, 0) is 6.18 Å². The minimum absolute atomic E-state index is 0.0294. The van der Waals surface area contributed by atoms with Gasteiger partial charge in [0, 0.05) is 50.0 Å². The Morgan fingerprint density at radius 2 is 1.89 bits per heavy atom. The van der Waals surface area contributed by atoms with Crippen molar-refractivity contribution >= 4 is 34.9 Å². The summed E-state index contributed by atoms with van der Waals surface area (Å²) in [5, 5.41) is 3.06. The molecule has 2 aromatic heterocycles. The van der Waals surface area contributed by atoms with Crippen LogP contribution in [0.4, 0.5) is 29.3 Å². The standard InChI is InChI=1S/C31H33ClF3N7O3/c1-3-45-29-22(5-4-11-36-29)24-7-9-26(27(38-24)28(43)37-20-10-12-39(2)16-20)40-13-14-41-21(17-40)18-42(30(41)44)25-8-6-19(32)15-23(25)31(33,34)35/h4-9,11,15,20-21H,3,10,12-14,16-18H2,1-2H3,(H,37,43)/t20-,21+/m1/s1. The van der Waals surface area contributed by atoms with Gasteiger partial charge < -0.3 is 24.8 Å². The minimum Gasteiger partial charge on any atom is -0.477 e. The van der Waals surface area contributed by atoms with E-state index in [0.717, 1.165) is 30.5 Å². The van der Waals surface area contributed by atoms with Crippen molar-refractivity contribution < 1.29 is 27.5 Å². The number of halogens is 4. The van der Waals surface area contributed by atoms with Gasteiger partial charge in [-0.25, -0.2) is 14.8 Å². The first-order chi connectivity index (χ1) is 21.5. The highest BCUT2D eigenvalue weighted by atomic mass is 35.5. The predicted molar refractivity (Wildman–Crippen MR) is 164 cm³/mol. The van der Waals surface area contributed by atoms with Gasteiger partial charge in [0.15, 0.2) is 5.69 Å². The summed E-state index contributed by atoms with van der Waals surface area (Å²) in [6.07, 6.45) is -2.24. The highest BCUT2D eigenvalue weighted by Crippen LogP contribution is 2.40. The number of anilines is 2. The summed E-state index contributed by atoms with van der Waals surface area (Å²) >= 11 is 5.88. The number of carbonyl (C=O) groups excluding carboxylic acids is 2. The van der Waals surface area contributed by atoms with Gasteiger partial charge in [-0.15, -0.1) is 0 Å². The van der Waals surface area contributed by atoms with Crippen LogP contribution in [0.15, 0.2) is 48.7 Å². The molecule has 0 saturated carbocycles. The third-order valence-electron chi connectivity index (χ3n) is 8.39. The van der Waals surface area contributed by atoms with Gasteiger partial charge in [-0.05, 0) is 69.4 Å². The Bertz CT molecular complexity index is 1610. The maximum atomic E-state index is 13.9. The first-order valence-corrected chi connectivity index (χ1v) is 15.2. The zero-order valence-corrected chi connectivity index (χ0v) is 25.6. The van der Waals surface area contributed by atoms with E-state index in [2.05, 4.69) is 15.2 Å². The number of rotatable bonds is 7. The topological polar surface area (TPSA) is 94.1 Å². The third kappa shape index (κ3) is 6.23. The molecule has 0 aliphatic carbocycles. The number of alkyl halides is 3. The summed E-state index contributed by atoms with van der Waals surface area (Å²) in [6, 6.07) is 9.72. The lowest BCUT2D eigenvalue weighted by Crippen LogP contribution is -2.52. The lowest BCUT2D eigenvalue weighted by molar-refractivity contribution is -0.137. The Balaban J connectivity index is 1.30. The quantitative estimate of drug-likeness (QED) is 0.396. The normalized spacial score (nSPS) is 20.5. The third-order valence-corrected chi connectivity index (χ3v) is 8.63. The fourth-order valence-corrected chi connectivity index (χ4v) is 6.44. The number of likely N-dealkylation sites (tertiary alicyclic amines) is 1. The monoisotopic (exact) mass is 643 g/mol. The van der Waals surface area contributed by atoms with Gasteiger partial charge in [0.1, 0.15) is 0 Å². The SMILES string of the molecule is CCOc1ncccc1-c1ccc(N2CCN3C(=O)N(c4ccc(Cl)cc4C(F)(F)F)C[C@@H]3C2)c(C(=O)N[C@@H]2CCN(C)C2)n1. The molecule has 0 unspecified atom stereocenters. The number of amides is 3. The lowest BCUT2D eigenvalue weighted by atomic mass is 10.1. The van der Waals surface area contributed by atoms with Gasteiger partial charge in [-0.2, -0.15) is 13.2 Å². The van der Waals surface area contributed by atoms with E-state index in [9.17, 15) is 22.8 Å². The summed E-state index contributed by atoms with van der Waals surface area (Å²) in [6.45, 7) is 4.86. The molecule has 1 N–H and O–H groups in total. The number of carbonyl (C=O) groups is 2. The number of aromatic nitrogens is 2. The Morgan fingerprint density at radius 1 is 1.09 bits per heavy atom. The smallest absolute Gasteiger partial charge is 0.418 e. The van der Waals surface area contributed by atoms with Crippen molar-refractivity contribution in [3.63, 3.8) is 0 Å². The zero-order chi connectivity index (χ0) is 31.9. The number of nitrogens with zero attached hydrogens (tertiary/aromatic N) is 6. The molecule has 1 aromatic carbocycles. The second-order valence-corrected chi connectivity index (χ2v) is 11.9. The van der Waals surface area contributed by atoms with Gasteiger partial charge >= 0.3 is 12.2 Å². The van der Waals surface area contributed by atoms with Crippen LogP contribution in [0.25, 0.3) is 11.3 Å². The van der Waals surface area contributed by atoms with E-state index in [4.69, 9.17) is 21.3 Å². The van der Waals surface area contributed by atoms with E-state index >= 15 is 0 Å². The average molecular weight is 644 g/mol. The first-order valence-electron chi connectivity index (χ1n) is 14.8. The van der Waals surface area contributed by atoms with E-state index in [1.807, 2.05) is 31.0 Å². The summed E-state index contributed by atoms with van der Waals surface area (Å²) in [4.78, 5) is 43.2.